The van der Waals surface area contributed by atoms with Crippen LogP contribution in [0.25, 0.3) is 0 Å². The molecule has 1 N–H and O–H groups in total. The Kier molecular flexibility index (Phi) is 5.30. The van der Waals surface area contributed by atoms with E-state index in [4.69, 9.17) is 0 Å². The van der Waals surface area contributed by atoms with Gasteiger partial charge in [-0.2, -0.15) is 0 Å². The lowest BCUT2D eigenvalue weighted by molar-refractivity contribution is 0.130. The van der Waals surface area contributed by atoms with Crippen LogP contribution in [0.1, 0.15) is 57.6 Å². The Morgan fingerprint density at radius 2 is 1.90 bits per heavy atom. The third-order valence-corrected chi connectivity index (χ3v) is 5.54. The van der Waals surface area contributed by atoms with Gasteiger partial charge >= 0.3 is 0 Å². The van der Waals surface area contributed by atoms with Crippen LogP contribution in [-0.2, 0) is 6.54 Å². The lowest BCUT2D eigenvalue weighted by Gasteiger charge is -2.41. The minimum atomic E-state index is 0.409. The zero-order valence-corrected chi connectivity index (χ0v) is 14.9. The summed E-state index contributed by atoms with van der Waals surface area (Å²) in [4.78, 5) is 0. The third kappa shape index (κ3) is 4.08. The van der Waals surface area contributed by atoms with E-state index in [0.717, 1.165) is 12.5 Å². The van der Waals surface area contributed by atoms with Gasteiger partial charge in [0, 0.05) is 17.1 Å². The van der Waals surface area contributed by atoms with Gasteiger partial charge in [-0.05, 0) is 48.3 Å². The maximum Gasteiger partial charge on any atom is 0.0208 e. The van der Waals surface area contributed by atoms with Crippen LogP contribution in [0, 0.1) is 18.3 Å². The lowest BCUT2D eigenvalue weighted by atomic mass is 9.69. The predicted octanol–water partition coefficient (Wildman–Crippen LogP) is 5.45. The summed E-state index contributed by atoms with van der Waals surface area (Å²) in [7, 11) is 0. The second-order valence-corrected chi connectivity index (χ2v) is 8.18. The molecule has 0 bridgehead atoms. The summed E-state index contributed by atoms with van der Waals surface area (Å²) in [6, 6.07) is 7.35. The van der Waals surface area contributed by atoms with Gasteiger partial charge in [-0.25, -0.2) is 0 Å². The van der Waals surface area contributed by atoms with E-state index in [0.29, 0.717) is 11.5 Å². The molecule has 0 radical (unpaired) electrons. The van der Waals surface area contributed by atoms with E-state index in [1.807, 2.05) is 0 Å². The fourth-order valence-corrected chi connectivity index (χ4v) is 3.83. The van der Waals surface area contributed by atoms with E-state index in [-0.39, 0.29) is 0 Å². The first kappa shape index (κ1) is 16.0. The first-order valence-corrected chi connectivity index (χ1v) is 8.65. The third-order valence-electron chi connectivity index (χ3n) is 4.68. The summed E-state index contributed by atoms with van der Waals surface area (Å²) < 4.78 is 1.22. The highest BCUT2D eigenvalue weighted by Gasteiger charge is 2.33. The number of hydrogen-bond acceptors (Lipinski definition) is 1. The van der Waals surface area contributed by atoms with Gasteiger partial charge in [-0.1, -0.05) is 61.7 Å². The molecule has 0 spiro atoms. The first-order chi connectivity index (χ1) is 9.38. The van der Waals surface area contributed by atoms with E-state index < -0.39 is 0 Å². The number of nitrogens with one attached hydrogen (secondary N) is 1. The average Bonchev–Trinajstić information content (AvgIpc) is 2.39. The predicted molar refractivity (Wildman–Crippen MR) is 90.9 cm³/mol. The van der Waals surface area contributed by atoms with E-state index in [9.17, 15) is 0 Å². The Hall–Kier alpha value is -0.340. The van der Waals surface area contributed by atoms with Crippen molar-refractivity contribution in [3.63, 3.8) is 0 Å². The lowest BCUT2D eigenvalue weighted by Crippen LogP contribution is -2.43. The van der Waals surface area contributed by atoms with Crippen molar-refractivity contribution in [3.05, 3.63) is 33.8 Å². The van der Waals surface area contributed by atoms with Crippen molar-refractivity contribution < 1.29 is 0 Å². The Morgan fingerprint density at radius 1 is 1.20 bits per heavy atom. The van der Waals surface area contributed by atoms with Crippen molar-refractivity contribution in [1.82, 2.24) is 5.32 Å². The molecule has 1 saturated carbocycles. The largest absolute Gasteiger partial charge is 0.310 e. The highest BCUT2D eigenvalue weighted by molar-refractivity contribution is 9.10. The molecule has 2 atom stereocenters. The van der Waals surface area contributed by atoms with Gasteiger partial charge in [0.25, 0.3) is 0 Å². The van der Waals surface area contributed by atoms with Crippen LogP contribution >= 0.6 is 15.9 Å². The van der Waals surface area contributed by atoms with Crippen LogP contribution in [0.5, 0.6) is 0 Å². The minimum absolute atomic E-state index is 0.409. The molecule has 1 aliphatic carbocycles. The summed E-state index contributed by atoms with van der Waals surface area (Å²) in [6.07, 6.45) is 5.48. The second-order valence-electron chi connectivity index (χ2n) is 7.33. The van der Waals surface area contributed by atoms with Gasteiger partial charge in [0.2, 0.25) is 0 Å². The SMILES string of the molecule is Cc1ccc(CNC2CCCCC2C(C)(C)C)cc1Br. The average molecular weight is 338 g/mol. The van der Waals surface area contributed by atoms with Gasteiger partial charge in [0.15, 0.2) is 0 Å². The van der Waals surface area contributed by atoms with Gasteiger partial charge < -0.3 is 5.32 Å². The molecule has 112 valence electrons. The molecule has 2 rings (SSSR count). The van der Waals surface area contributed by atoms with Crippen LogP contribution in [0.2, 0.25) is 0 Å². The van der Waals surface area contributed by atoms with Gasteiger partial charge in [-0.3, -0.25) is 0 Å². The molecule has 1 aromatic carbocycles. The van der Waals surface area contributed by atoms with E-state index in [2.05, 4.69) is 67.1 Å². The smallest absolute Gasteiger partial charge is 0.0208 e. The maximum atomic E-state index is 3.82. The van der Waals surface area contributed by atoms with Crippen molar-refractivity contribution in [2.24, 2.45) is 11.3 Å². The van der Waals surface area contributed by atoms with Gasteiger partial charge in [-0.15, -0.1) is 0 Å². The Morgan fingerprint density at radius 3 is 2.55 bits per heavy atom. The van der Waals surface area contributed by atoms with Crippen LogP contribution < -0.4 is 5.32 Å². The van der Waals surface area contributed by atoms with Crippen molar-refractivity contribution in [2.75, 3.05) is 0 Å². The number of halogens is 1. The molecule has 1 nitrogen and oxygen atoms in total. The molecule has 1 aromatic rings. The molecule has 0 saturated heterocycles. The highest BCUT2D eigenvalue weighted by Crippen LogP contribution is 2.38. The number of rotatable bonds is 3. The molecule has 20 heavy (non-hydrogen) atoms. The zero-order chi connectivity index (χ0) is 14.8. The van der Waals surface area contributed by atoms with Crippen LogP contribution in [0.4, 0.5) is 0 Å². The topological polar surface area (TPSA) is 12.0 Å². The summed E-state index contributed by atoms with van der Waals surface area (Å²) in [5.41, 5.74) is 3.09. The van der Waals surface area contributed by atoms with E-state index >= 15 is 0 Å². The quantitative estimate of drug-likeness (QED) is 0.772. The van der Waals surface area contributed by atoms with E-state index in [1.54, 1.807) is 0 Å². The maximum absolute atomic E-state index is 3.82. The fraction of sp³-hybridized carbons (Fsp3) is 0.667. The molecule has 2 heteroatoms. The van der Waals surface area contributed by atoms with E-state index in [1.165, 1.54) is 41.3 Å². The Balaban J connectivity index is 1.99. The second kappa shape index (κ2) is 6.62. The molecule has 0 amide bonds. The molecule has 0 aliphatic heterocycles. The Labute approximate surface area is 132 Å². The fourth-order valence-electron chi connectivity index (χ4n) is 3.41. The normalized spacial score (nSPS) is 23.9. The summed E-state index contributed by atoms with van der Waals surface area (Å²) in [6.45, 7) is 10.3. The summed E-state index contributed by atoms with van der Waals surface area (Å²) in [5, 5.41) is 3.82. The molecule has 2 unspecified atom stereocenters. The minimum Gasteiger partial charge on any atom is -0.310 e. The van der Waals surface area contributed by atoms with Crippen molar-refractivity contribution >= 4 is 15.9 Å². The number of hydrogen-bond donors (Lipinski definition) is 1. The van der Waals surface area contributed by atoms with Crippen molar-refractivity contribution in [3.8, 4) is 0 Å². The molecule has 0 heterocycles. The highest BCUT2D eigenvalue weighted by atomic mass is 79.9. The standard InChI is InChI=1S/C18H28BrN/c1-13-9-10-14(11-16(13)19)12-20-17-8-6-5-7-15(17)18(2,3)4/h9-11,15,17,20H,5-8,12H2,1-4H3. The summed E-state index contributed by atoms with van der Waals surface area (Å²) >= 11 is 3.63. The van der Waals surface area contributed by atoms with Crippen LogP contribution in [-0.4, -0.2) is 6.04 Å². The van der Waals surface area contributed by atoms with Gasteiger partial charge in [0.05, 0.1) is 0 Å². The van der Waals surface area contributed by atoms with Crippen molar-refractivity contribution in [1.29, 1.82) is 0 Å². The van der Waals surface area contributed by atoms with Crippen molar-refractivity contribution in [2.45, 2.75) is 66.0 Å². The molecule has 0 aromatic heterocycles. The zero-order valence-electron chi connectivity index (χ0n) is 13.3. The molecule has 1 fully saturated rings. The molecular formula is C18H28BrN. The molecule has 1 aliphatic rings. The Bertz CT molecular complexity index is 447. The monoisotopic (exact) mass is 337 g/mol. The first-order valence-electron chi connectivity index (χ1n) is 7.86. The molecular weight excluding hydrogens is 310 g/mol. The number of benzene rings is 1. The van der Waals surface area contributed by atoms with Crippen LogP contribution in [0.3, 0.4) is 0 Å². The van der Waals surface area contributed by atoms with Crippen LogP contribution in [0.15, 0.2) is 22.7 Å². The summed E-state index contributed by atoms with van der Waals surface area (Å²) in [5.74, 6) is 0.796. The van der Waals surface area contributed by atoms with Gasteiger partial charge in [0.1, 0.15) is 0 Å². The number of aryl methyl sites for hydroxylation is 1.